The lowest BCUT2D eigenvalue weighted by molar-refractivity contribution is 0.0225. The van der Waals surface area contributed by atoms with E-state index >= 15 is 0 Å². The molecule has 0 saturated carbocycles. The molecule has 1 N–H and O–H groups in total. The van der Waals surface area contributed by atoms with Gasteiger partial charge in [-0.25, -0.2) is 14.8 Å². The van der Waals surface area contributed by atoms with E-state index in [4.69, 9.17) is 16.3 Å². The van der Waals surface area contributed by atoms with Gasteiger partial charge in [0, 0.05) is 29.6 Å². The number of aromatic nitrogens is 2. The Labute approximate surface area is 160 Å². The molecule has 2 amide bonds. The summed E-state index contributed by atoms with van der Waals surface area (Å²) < 4.78 is 5.42. The molecule has 0 bridgehead atoms. The first-order chi connectivity index (χ1) is 12.2. The van der Waals surface area contributed by atoms with Gasteiger partial charge in [-0.15, -0.1) is 0 Å². The molecule has 0 radical (unpaired) electrons. The number of nitrogens with one attached hydrogen (secondary N) is 1. The predicted molar refractivity (Wildman–Crippen MR) is 99.7 cm³/mol. The molecule has 0 spiro atoms. The molecular formula is C17H19ClN4O3S. The third kappa shape index (κ3) is 4.50. The summed E-state index contributed by atoms with van der Waals surface area (Å²) in [5, 5.41) is 3.53. The topological polar surface area (TPSA) is 84.4 Å². The van der Waals surface area contributed by atoms with E-state index in [0.717, 1.165) is 10.6 Å². The molecule has 1 aliphatic heterocycles. The number of pyridine rings is 1. The van der Waals surface area contributed by atoms with Crippen LogP contribution in [0.5, 0.6) is 0 Å². The SMILES string of the molecule is CC(C)(C)OC(=O)N1CCc2nc(NC(=O)c3ccnc(Cl)c3)sc2C1. The molecule has 3 heterocycles. The Morgan fingerprint density at radius 1 is 1.38 bits per heavy atom. The van der Waals surface area contributed by atoms with E-state index < -0.39 is 5.60 Å². The van der Waals surface area contributed by atoms with Gasteiger partial charge in [0.25, 0.3) is 5.91 Å². The third-order valence-corrected chi connectivity index (χ3v) is 4.80. The number of carbonyl (C=O) groups is 2. The van der Waals surface area contributed by atoms with E-state index in [1.54, 1.807) is 11.0 Å². The van der Waals surface area contributed by atoms with Crippen molar-refractivity contribution in [1.82, 2.24) is 14.9 Å². The summed E-state index contributed by atoms with van der Waals surface area (Å²) in [6.07, 6.45) is 1.76. The van der Waals surface area contributed by atoms with E-state index in [0.29, 0.717) is 30.2 Å². The lowest BCUT2D eigenvalue weighted by Crippen LogP contribution is -2.39. The van der Waals surface area contributed by atoms with Crippen LogP contribution in [0.2, 0.25) is 5.15 Å². The molecule has 0 aromatic carbocycles. The maximum Gasteiger partial charge on any atom is 0.410 e. The van der Waals surface area contributed by atoms with Crippen molar-refractivity contribution < 1.29 is 14.3 Å². The van der Waals surface area contributed by atoms with Gasteiger partial charge in [0.2, 0.25) is 0 Å². The van der Waals surface area contributed by atoms with Gasteiger partial charge in [-0.3, -0.25) is 10.1 Å². The summed E-state index contributed by atoms with van der Waals surface area (Å²) in [5.41, 5.74) is 0.780. The number of amides is 2. The van der Waals surface area contributed by atoms with Crippen LogP contribution in [-0.2, 0) is 17.7 Å². The Hall–Kier alpha value is -2.19. The fraction of sp³-hybridized carbons (Fsp3) is 0.412. The fourth-order valence-corrected chi connectivity index (χ4v) is 3.64. The highest BCUT2D eigenvalue weighted by atomic mass is 35.5. The van der Waals surface area contributed by atoms with Crippen LogP contribution in [0.1, 0.15) is 41.7 Å². The van der Waals surface area contributed by atoms with E-state index in [-0.39, 0.29) is 17.2 Å². The van der Waals surface area contributed by atoms with Gasteiger partial charge in [0.05, 0.1) is 12.2 Å². The second-order valence-electron chi connectivity index (χ2n) is 6.86. The summed E-state index contributed by atoms with van der Waals surface area (Å²) >= 11 is 7.17. The maximum atomic E-state index is 12.3. The molecule has 138 valence electrons. The zero-order valence-electron chi connectivity index (χ0n) is 14.7. The van der Waals surface area contributed by atoms with Gasteiger partial charge in [0.15, 0.2) is 5.13 Å². The Balaban J connectivity index is 1.68. The first-order valence-corrected chi connectivity index (χ1v) is 9.30. The Bertz CT molecular complexity index is 847. The zero-order valence-corrected chi connectivity index (χ0v) is 16.3. The number of hydrogen-bond donors (Lipinski definition) is 1. The van der Waals surface area contributed by atoms with Crippen molar-refractivity contribution in [1.29, 1.82) is 0 Å². The van der Waals surface area contributed by atoms with Gasteiger partial charge in [-0.2, -0.15) is 0 Å². The molecule has 0 fully saturated rings. The first-order valence-electron chi connectivity index (χ1n) is 8.11. The van der Waals surface area contributed by atoms with Crippen LogP contribution in [0.15, 0.2) is 18.3 Å². The number of hydrogen-bond acceptors (Lipinski definition) is 6. The molecule has 7 nitrogen and oxygen atoms in total. The van der Waals surface area contributed by atoms with Gasteiger partial charge in [-0.05, 0) is 32.9 Å². The van der Waals surface area contributed by atoms with Crippen LogP contribution in [0.4, 0.5) is 9.93 Å². The quantitative estimate of drug-likeness (QED) is 0.784. The standard InChI is InChI=1S/C17H19ClN4O3S/c1-17(2,3)25-16(24)22-7-5-11-12(9-22)26-15(20-11)21-14(23)10-4-6-19-13(18)8-10/h4,6,8H,5,7,9H2,1-3H3,(H,20,21,23). The third-order valence-electron chi connectivity index (χ3n) is 3.59. The monoisotopic (exact) mass is 394 g/mol. The van der Waals surface area contributed by atoms with Crippen LogP contribution in [0.3, 0.4) is 0 Å². The number of rotatable bonds is 2. The first kappa shape index (κ1) is 18.6. The van der Waals surface area contributed by atoms with Gasteiger partial charge >= 0.3 is 6.09 Å². The minimum atomic E-state index is -0.532. The molecule has 2 aromatic heterocycles. The highest BCUT2D eigenvalue weighted by Crippen LogP contribution is 2.29. The van der Waals surface area contributed by atoms with Crippen molar-refractivity contribution in [3.63, 3.8) is 0 Å². The average molecular weight is 395 g/mol. The Morgan fingerprint density at radius 3 is 2.85 bits per heavy atom. The number of thiazole rings is 1. The Kier molecular flexibility index (Phi) is 5.15. The molecule has 3 rings (SSSR count). The highest BCUT2D eigenvalue weighted by molar-refractivity contribution is 7.15. The number of nitrogens with zero attached hydrogens (tertiary/aromatic N) is 3. The fourth-order valence-electron chi connectivity index (χ4n) is 2.44. The highest BCUT2D eigenvalue weighted by Gasteiger charge is 2.28. The van der Waals surface area contributed by atoms with Crippen molar-refractivity contribution in [3.05, 3.63) is 39.6 Å². The van der Waals surface area contributed by atoms with Crippen molar-refractivity contribution in [2.75, 3.05) is 11.9 Å². The second-order valence-corrected chi connectivity index (χ2v) is 8.33. The second kappa shape index (κ2) is 7.20. The van der Waals surface area contributed by atoms with Crippen molar-refractivity contribution >= 4 is 40.1 Å². The van der Waals surface area contributed by atoms with Crippen LogP contribution in [0, 0.1) is 0 Å². The molecule has 0 aliphatic carbocycles. The maximum absolute atomic E-state index is 12.3. The van der Waals surface area contributed by atoms with E-state index in [9.17, 15) is 9.59 Å². The summed E-state index contributed by atoms with van der Waals surface area (Å²) in [5.74, 6) is -0.301. The normalized spacial score (nSPS) is 13.9. The molecular weight excluding hydrogens is 376 g/mol. The molecule has 0 atom stereocenters. The summed E-state index contributed by atoms with van der Waals surface area (Å²) in [6.45, 7) is 6.49. The number of halogens is 1. The van der Waals surface area contributed by atoms with Gasteiger partial charge in [-0.1, -0.05) is 22.9 Å². The number of anilines is 1. The molecule has 2 aromatic rings. The van der Waals surface area contributed by atoms with Crippen molar-refractivity contribution in [3.8, 4) is 0 Å². The van der Waals surface area contributed by atoms with Crippen LogP contribution in [-0.4, -0.2) is 39.0 Å². The zero-order chi connectivity index (χ0) is 18.9. The van der Waals surface area contributed by atoms with E-state index in [2.05, 4.69) is 15.3 Å². The number of ether oxygens (including phenoxy) is 1. The summed E-state index contributed by atoms with van der Waals surface area (Å²) in [7, 11) is 0. The van der Waals surface area contributed by atoms with Gasteiger partial charge in [0.1, 0.15) is 10.8 Å². The molecule has 0 unspecified atom stereocenters. The minimum Gasteiger partial charge on any atom is -0.444 e. The summed E-state index contributed by atoms with van der Waals surface area (Å²) in [6, 6.07) is 3.08. The number of carbonyl (C=O) groups excluding carboxylic acids is 2. The van der Waals surface area contributed by atoms with Crippen molar-refractivity contribution in [2.45, 2.75) is 39.3 Å². The average Bonchev–Trinajstić information content (AvgIpc) is 2.94. The predicted octanol–water partition coefficient (Wildman–Crippen LogP) is 3.74. The minimum absolute atomic E-state index is 0.254. The molecule has 26 heavy (non-hydrogen) atoms. The molecule has 1 aliphatic rings. The smallest absolute Gasteiger partial charge is 0.410 e. The van der Waals surface area contributed by atoms with Gasteiger partial charge < -0.3 is 9.64 Å². The van der Waals surface area contributed by atoms with Crippen LogP contribution < -0.4 is 5.32 Å². The van der Waals surface area contributed by atoms with E-state index in [1.807, 2.05) is 20.8 Å². The lowest BCUT2D eigenvalue weighted by Gasteiger charge is -2.29. The van der Waals surface area contributed by atoms with Crippen LogP contribution in [0.25, 0.3) is 0 Å². The van der Waals surface area contributed by atoms with E-state index in [1.165, 1.54) is 23.6 Å². The summed E-state index contributed by atoms with van der Waals surface area (Å²) in [4.78, 5) is 35.4. The molecule has 0 saturated heterocycles. The largest absolute Gasteiger partial charge is 0.444 e. The Morgan fingerprint density at radius 2 is 2.15 bits per heavy atom. The number of fused-ring (bicyclic) bond motifs is 1. The molecule has 9 heteroatoms. The lowest BCUT2D eigenvalue weighted by atomic mass is 10.2. The van der Waals surface area contributed by atoms with Crippen LogP contribution >= 0.6 is 22.9 Å². The van der Waals surface area contributed by atoms with Crippen molar-refractivity contribution in [2.24, 2.45) is 0 Å².